The van der Waals surface area contributed by atoms with Crippen LogP contribution in [0.15, 0.2) is 48.5 Å². The maximum atomic E-state index is 13.2. The molecule has 0 aromatic heterocycles. The van der Waals surface area contributed by atoms with E-state index in [0.717, 1.165) is 24.5 Å². The highest BCUT2D eigenvalue weighted by Gasteiger charge is 2.35. The minimum absolute atomic E-state index is 0.0624. The molecule has 2 aromatic rings. The molecule has 2 fully saturated rings. The third kappa shape index (κ3) is 6.65. The van der Waals surface area contributed by atoms with Crippen molar-refractivity contribution in [1.82, 2.24) is 15.1 Å². The molecule has 10 nitrogen and oxygen atoms in total. The summed E-state index contributed by atoms with van der Waals surface area (Å²) >= 11 is 0. The fourth-order valence-electron chi connectivity index (χ4n) is 4.65. The van der Waals surface area contributed by atoms with Gasteiger partial charge in [0.05, 0.1) is 20.1 Å². The van der Waals surface area contributed by atoms with Crippen molar-refractivity contribution in [2.24, 2.45) is 0 Å². The van der Waals surface area contributed by atoms with E-state index in [0.29, 0.717) is 37.4 Å². The highest BCUT2D eigenvalue weighted by Crippen LogP contribution is 2.22. The molecule has 2 aliphatic rings. The maximum Gasteiger partial charge on any atom is 0.243 e. The number of ketones is 1. The zero-order valence-electron chi connectivity index (χ0n) is 21.2. The Kier molecular flexibility index (Phi) is 8.39. The van der Waals surface area contributed by atoms with Crippen LogP contribution in [0.4, 0.5) is 11.4 Å². The first kappa shape index (κ1) is 26.2. The Labute approximate surface area is 216 Å². The molecule has 2 aliphatic heterocycles. The van der Waals surface area contributed by atoms with Crippen LogP contribution in [-0.2, 0) is 14.4 Å². The number of rotatable bonds is 8. The molecule has 2 N–H and O–H groups in total. The summed E-state index contributed by atoms with van der Waals surface area (Å²) in [6, 6.07) is 13.6. The Morgan fingerprint density at radius 3 is 2.43 bits per heavy atom. The van der Waals surface area contributed by atoms with E-state index >= 15 is 0 Å². The van der Waals surface area contributed by atoms with Crippen LogP contribution in [-0.4, -0.2) is 92.3 Å². The van der Waals surface area contributed by atoms with E-state index in [2.05, 4.69) is 20.4 Å². The number of nitrogens with zero attached hydrogens (tertiary/aromatic N) is 3. The number of methoxy groups -OCH3 is 1. The van der Waals surface area contributed by atoms with E-state index in [1.54, 1.807) is 31.4 Å². The van der Waals surface area contributed by atoms with Gasteiger partial charge in [0.25, 0.3) is 0 Å². The number of Topliss-reactive ketones (excluding diaryl/α,β-unsaturated/α-hetero) is 1. The van der Waals surface area contributed by atoms with Gasteiger partial charge < -0.3 is 25.2 Å². The van der Waals surface area contributed by atoms with Gasteiger partial charge in [0.1, 0.15) is 11.8 Å². The monoisotopic (exact) mass is 507 g/mol. The second-order valence-corrected chi connectivity index (χ2v) is 9.24. The lowest BCUT2D eigenvalue weighted by Gasteiger charge is -2.39. The Hall–Kier alpha value is -3.92. The first-order chi connectivity index (χ1) is 17.8. The highest BCUT2D eigenvalue weighted by atomic mass is 16.5. The lowest BCUT2D eigenvalue weighted by Crippen LogP contribution is -2.60. The molecule has 0 aliphatic carbocycles. The summed E-state index contributed by atoms with van der Waals surface area (Å²) in [5.41, 5.74) is 2.16. The van der Waals surface area contributed by atoms with Crippen molar-refractivity contribution in [3.8, 4) is 5.75 Å². The molecule has 196 valence electrons. The molecule has 37 heavy (non-hydrogen) atoms. The zero-order valence-corrected chi connectivity index (χ0v) is 21.2. The Bertz CT molecular complexity index is 1140. The molecule has 0 radical (unpaired) electrons. The van der Waals surface area contributed by atoms with Gasteiger partial charge in [-0.25, -0.2) is 0 Å². The van der Waals surface area contributed by atoms with Crippen LogP contribution < -0.4 is 20.3 Å². The fourth-order valence-corrected chi connectivity index (χ4v) is 4.65. The van der Waals surface area contributed by atoms with Crippen molar-refractivity contribution in [3.63, 3.8) is 0 Å². The zero-order chi connectivity index (χ0) is 26.4. The van der Waals surface area contributed by atoms with E-state index < -0.39 is 6.04 Å². The van der Waals surface area contributed by atoms with Crippen molar-refractivity contribution in [2.45, 2.75) is 19.4 Å². The van der Waals surface area contributed by atoms with E-state index in [-0.39, 0.29) is 36.5 Å². The fraction of sp³-hybridized carbons (Fsp3) is 0.407. The standard InChI is InChI=1S/C27H33N5O5/c1-19(33)20-6-8-21(9-7-20)29-25(34)17-24-27(36)28-10-11-32(24)26(35)18-30-12-14-31(15-13-30)22-4-3-5-23(16-22)37-2/h3-9,16,24H,10-15,17-18H2,1-2H3,(H,28,36)(H,29,34)/t24-/m1/s1. The van der Waals surface area contributed by atoms with Crippen molar-refractivity contribution in [2.75, 3.05) is 63.1 Å². The molecule has 1 atom stereocenters. The van der Waals surface area contributed by atoms with Gasteiger partial charge in [-0.3, -0.25) is 24.1 Å². The topological polar surface area (TPSA) is 111 Å². The molecule has 0 unspecified atom stereocenters. The van der Waals surface area contributed by atoms with Crippen molar-refractivity contribution < 1.29 is 23.9 Å². The number of ether oxygens (including phenoxy) is 1. The Morgan fingerprint density at radius 2 is 1.76 bits per heavy atom. The molecular weight excluding hydrogens is 474 g/mol. The minimum atomic E-state index is -0.865. The van der Waals surface area contributed by atoms with Gasteiger partial charge in [0.15, 0.2) is 5.78 Å². The van der Waals surface area contributed by atoms with Crippen LogP contribution in [0.2, 0.25) is 0 Å². The first-order valence-electron chi connectivity index (χ1n) is 12.4. The summed E-state index contributed by atoms with van der Waals surface area (Å²) in [4.78, 5) is 55.8. The molecule has 0 bridgehead atoms. The Balaban J connectivity index is 1.31. The number of hydrogen-bond acceptors (Lipinski definition) is 7. The summed E-state index contributed by atoms with van der Waals surface area (Å²) in [6.07, 6.45) is -0.143. The first-order valence-corrected chi connectivity index (χ1v) is 12.4. The smallest absolute Gasteiger partial charge is 0.243 e. The van der Waals surface area contributed by atoms with Crippen molar-refractivity contribution in [3.05, 3.63) is 54.1 Å². The number of benzene rings is 2. The summed E-state index contributed by atoms with van der Waals surface area (Å²) in [7, 11) is 1.65. The third-order valence-electron chi connectivity index (χ3n) is 6.75. The molecule has 4 rings (SSSR count). The molecule has 3 amide bonds. The lowest BCUT2D eigenvalue weighted by molar-refractivity contribution is -0.145. The lowest BCUT2D eigenvalue weighted by atomic mass is 10.1. The van der Waals surface area contributed by atoms with Crippen LogP contribution in [0.3, 0.4) is 0 Å². The number of anilines is 2. The second-order valence-electron chi connectivity index (χ2n) is 9.24. The maximum absolute atomic E-state index is 13.2. The summed E-state index contributed by atoms with van der Waals surface area (Å²) < 4.78 is 5.32. The summed E-state index contributed by atoms with van der Waals surface area (Å²) in [6.45, 7) is 5.36. The predicted molar refractivity (Wildman–Crippen MR) is 140 cm³/mol. The summed E-state index contributed by atoms with van der Waals surface area (Å²) in [5, 5.41) is 5.51. The van der Waals surface area contributed by atoms with Gasteiger partial charge >= 0.3 is 0 Å². The molecule has 2 heterocycles. The number of nitrogens with one attached hydrogen (secondary N) is 2. The van der Waals surface area contributed by atoms with E-state index in [1.165, 1.54) is 11.8 Å². The van der Waals surface area contributed by atoms with Crippen molar-refractivity contribution >= 4 is 34.9 Å². The number of hydrogen-bond donors (Lipinski definition) is 2. The van der Waals surface area contributed by atoms with Crippen LogP contribution in [0.1, 0.15) is 23.7 Å². The number of piperazine rings is 2. The van der Waals surface area contributed by atoms with Crippen LogP contribution >= 0.6 is 0 Å². The van der Waals surface area contributed by atoms with Gasteiger partial charge in [0, 0.05) is 62.3 Å². The average Bonchev–Trinajstić information content (AvgIpc) is 2.90. The van der Waals surface area contributed by atoms with Crippen LogP contribution in [0.25, 0.3) is 0 Å². The number of amides is 3. The van der Waals surface area contributed by atoms with Gasteiger partial charge in [-0.2, -0.15) is 0 Å². The van der Waals surface area contributed by atoms with Crippen LogP contribution in [0, 0.1) is 0 Å². The van der Waals surface area contributed by atoms with E-state index in [4.69, 9.17) is 4.74 Å². The van der Waals surface area contributed by atoms with Crippen molar-refractivity contribution in [1.29, 1.82) is 0 Å². The highest BCUT2D eigenvalue weighted by molar-refractivity contribution is 5.98. The largest absolute Gasteiger partial charge is 0.497 e. The number of carbonyl (C=O) groups is 4. The van der Waals surface area contributed by atoms with Gasteiger partial charge in [0.2, 0.25) is 17.7 Å². The molecular formula is C27H33N5O5. The predicted octanol–water partition coefficient (Wildman–Crippen LogP) is 1.38. The quantitative estimate of drug-likeness (QED) is 0.519. The second kappa shape index (κ2) is 11.9. The van der Waals surface area contributed by atoms with Gasteiger partial charge in [-0.15, -0.1) is 0 Å². The normalized spacial score (nSPS) is 18.2. The number of carbonyl (C=O) groups excluding carboxylic acids is 4. The molecule has 0 saturated carbocycles. The minimum Gasteiger partial charge on any atom is -0.497 e. The average molecular weight is 508 g/mol. The van der Waals surface area contributed by atoms with Crippen LogP contribution in [0.5, 0.6) is 5.75 Å². The van der Waals surface area contributed by atoms with E-state index in [9.17, 15) is 19.2 Å². The molecule has 2 aromatic carbocycles. The molecule has 10 heteroatoms. The van der Waals surface area contributed by atoms with E-state index in [1.807, 2.05) is 24.3 Å². The van der Waals surface area contributed by atoms with Gasteiger partial charge in [-0.1, -0.05) is 6.07 Å². The van der Waals surface area contributed by atoms with Gasteiger partial charge in [-0.05, 0) is 43.3 Å². The Morgan fingerprint density at radius 1 is 1.03 bits per heavy atom. The molecule has 2 saturated heterocycles. The SMILES string of the molecule is COc1cccc(N2CCN(CC(=O)N3CCNC(=O)[C@H]3CC(=O)Nc3ccc(C(C)=O)cc3)CC2)c1. The molecule has 0 spiro atoms. The third-order valence-corrected chi connectivity index (χ3v) is 6.75. The summed E-state index contributed by atoms with van der Waals surface area (Å²) in [5.74, 6) is -0.116.